The number of sulfonamides is 1. The zero-order valence-electron chi connectivity index (χ0n) is 12.4. The van der Waals surface area contributed by atoms with Gasteiger partial charge in [-0.3, -0.25) is 0 Å². The molecule has 0 aromatic heterocycles. The summed E-state index contributed by atoms with van der Waals surface area (Å²) < 4.78 is 53.7. The van der Waals surface area contributed by atoms with Crippen LogP contribution in [-0.4, -0.2) is 19.3 Å². The highest BCUT2D eigenvalue weighted by Crippen LogP contribution is 2.24. The maximum Gasteiger partial charge on any atom is 0.249 e. The van der Waals surface area contributed by atoms with Gasteiger partial charge in [0.15, 0.2) is 4.90 Å². The summed E-state index contributed by atoms with van der Waals surface area (Å²) in [4.78, 5) is -0.899. The molecule has 2 aromatic carbocycles. The van der Waals surface area contributed by atoms with E-state index in [0.29, 0.717) is 0 Å². The molecule has 2 rings (SSSR count). The van der Waals surface area contributed by atoms with Gasteiger partial charge in [-0.25, -0.2) is 17.2 Å². The lowest BCUT2D eigenvalue weighted by Crippen LogP contribution is -2.31. The van der Waals surface area contributed by atoms with Gasteiger partial charge in [0.1, 0.15) is 11.6 Å². The molecule has 0 spiro atoms. The topological polar surface area (TPSA) is 37.4 Å². The van der Waals surface area contributed by atoms with Crippen LogP contribution in [0.25, 0.3) is 0 Å². The van der Waals surface area contributed by atoms with Crippen LogP contribution in [0.5, 0.6) is 0 Å². The van der Waals surface area contributed by atoms with Gasteiger partial charge in [0.25, 0.3) is 0 Å². The molecule has 6 heteroatoms. The van der Waals surface area contributed by atoms with Crippen LogP contribution in [0.15, 0.2) is 47.4 Å². The second-order valence-corrected chi connectivity index (χ2v) is 6.85. The molecule has 0 saturated carbocycles. The molecule has 0 fully saturated rings. The van der Waals surface area contributed by atoms with E-state index < -0.39 is 26.6 Å². The molecule has 0 saturated heterocycles. The van der Waals surface area contributed by atoms with Gasteiger partial charge in [-0.15, -0.1) is 0 Å². The Morgan fingerprint density at radius 3 is 2.18 bits per heavy atom. The average molecular weight is 325 g/mol. The zero-order chi connectivity index (χ0) is 16.3. The molecule has 0 aliphatic rings. The first-order chi connectivity index (χ1) is 10.4. The lowest BCUT2D eigenvalue weighted by molar-refractivity contribution is 0.412. The predicted octanol–water partition coefficient (Wildman–Crippen LogP) is 3.48. The summed E-state index contributed by atoms with van der Waals surface area (Å²) in [7, 11) is -4.24. The number of nitrogens with zero attached hydrogens (tertiary/aromatic N) is 1. The molecule has 22 heavy (non-hydrogen) atoms. The highest BCUT2D eigenvalue weighted by Gasteiger charge is 2.29. The highest BCUT2D eigenvalue weighted by molar-refractivity contribution is 7.89. The SMILES string of the molecule is CCN(Cc1cccc(C)c1)S(=O)(=O)c1c(F)cccc1F. The van der Waals surface area contributed by atoms with E-state index in [2.05, 4.69) is 0 Å². The number of hydrogen-bond donors (Lipinski definition) is 0. The number of aryl methyl sites for hydroxylation is 1. The first-order valence-electron chi connectivity index (χ1n) is 6.86. The van der Waals surface area contributed by atoms with Crippen LogP contribution in [0.2, 0.25) is 0 Å². The summed E-state index contributed by atoms with van der Waals surface area (Å²) in [5.41, 5.74) is 1.75. The molecule has 0 N–H and O–H groups in total. The number of benzene rings is 2. The molecule has 3 nitrogen and oxygen atoms in total. The largest absolute Gasteiger partial charge is 0.249 e. The van der Waals surface area contributed by atoms with Crippen molar-refractivity contribution in [2.75, 3.05) is 6.54 Å². The predicted molar refractivity (Wildman–Crippen MR) is 80.8 cm³/mol. The molecule has 0 amide bonds. The second-order valence-electron chi connectivity index (χ2n) is 4.97. The molecule has 0 atom stereocenters. The van der Waals surface area contributed by atoms with Crippen molar-refractivity contribution in [2.45, 2.75) is 25.3 Å². The maximum atomic E-state index is 13.8. The van der Waals surface area contributed by atoms with Crippen LogP contribution in [-0.2, 0) is 16.6 Å². The lowest BCUT2D eigenvalue weighted by atomic mass is 10.1. The van der Waals surface area contributed by atoms with E-state index in [4.69, 9.17) is 0 Å². The maximum absolute atomic E-state index is 13.8. The minimum Gasteiger partial charge on any atom is -0.207 e. The van der Waals surface area contributed by atoms with E-state index in [9.17, 15) is 17.2 Å². The van der Waals surface area contributed by atoms with Crippen molar-refractivity contribution in [1.29, 1.82) is 0 Å². The Bertz CT molecular complexity index is 755. The van der Waals surface area contributed by atoms with Crippen LogP contribution in [0.1, 0.15) is 18.1 Å². The fourth-order valence-electron chi connectivity index (χ4n) is 2.24. The average Bonchev–Trinajstić information content (AvgIpc) is 2.44. The number of hydrogen-bond acceptors (Lipinski definition) is 2. The Balaban J connectivity index is 2.41. The standard InChI is InChI=1S/C16H17F2NO2S/c1-3-19(11-13-7-4-6-12(2)10-13)22(20,21)16-14(17)8-5-9-15(16)18/h4-10H,3,11H2,1-2H3. The minimum atomic E-state index is -4.24. The smallest absolute Gasteiger partial charge is 0.207 e. The third kappa shape index (κ3) is 3.34. The van der Waals surface area contributed by atoms with Crippen molar-refractivity contribution in [1.82, 2.24) is 4.31 Å². The molecule has 0 radical (unpaired) electrons. The van der Waals surface area contributed by atoms with Gasteiger partial charge in [0, 0.05) is 13.1 Å². The molecule has 0 aliphatic carbocycles. The molecule has 118 valence electrons. The van der Waals surface area contributed by atoms with E-state index in [0.717, 1.165) is 33.6 Å². The van der Waals surface area contributed by atoms with Gasteiger partial charge in [0.2, 0.25) is 10.0 Å². The molecular formula is C16H17F2NO2S. The van der Waals surface area contributed by atoms with Crippen LogP contribution in [0, 0.1) is 18.6 Å². The first-order valence-corrected chi connectivity index (χ1v) is 8.30. The third-order valence-electron chi connectivity index (χ3n) is 3.31. The van der Waals surface area contributed by atoms with E-state index in [-0.39, 0.29) is 13.1 Å². The van der Waals surface area contributed by atoms with Gasteiger partial charge < -0.3 is 0 Å². The van der Waals surface area contributed by atoms with Crippen molar-refractivity contribution in [3.05, 3.63) is 65.2 Å². The Kier molecular flexibility index (Phi) is 4.93. The van der Waals surface area contributed by atoms with Crippen molar-refractivity contribution in [3.63, 3.8) is 0 Å². The van der Waals surface area contributed by atoms with Gasteiger partial charge in [-0.05, 0) is 24.6 Å². The Labute approximate surface area is 129 Å². The first kappa shape index (κ1) is 16.6. The van der Waals surface area contributed by atoms with Crippen molar-refractivity contribution in [3.8, 4) is 0 Å². The highest BCUT2D eigenvalue weighted by atomic mass is 32.2. The fraction of sp³-hybridized carbons (Fsp3) is 0.250. The summed E-state index contributed by atoms with van der Waals surface area (Å²) in [5.74, 6) is -2.16. The summed E-state index contributed by atoms with van der Waals surface area (Å²) >= 11 is 0. The van der Waals surface area contributed by atoms with Crippen molar-refractivity contribution < 1.29 is 17.2 Å². The summed E-state index contributed by atoms with van der Waals surface area (Å²) in [6, 6.07) is 10.4. The molecular weight excluding hydrogens is 308 g/mol. The zero-order valence-corrected chi connectivity index (χ0v) is 13.2. The van der Waals surface area contributed by atoms with E-state index in [1.807, 2.05) is 25.1 Å². The summed E-state index contributed by atoms with van der Waals surface area (Å²) in [6.07, 6.45) is 0. The third-order valence-corrected chi connectivity index (χ3v) is 5.28. The van der Waals surface area contributed by atoms with Gasteiger partial charge in [-0.1, -0.05) is 42.8 Å². The Morgan fingerprint density at radius 1 is 1.05 bits per heavy atom. The Hall–Kier alpha value is -1.79. The molecule has 0 bridgehead atoms. The van der Waals surface area contributed by atoms with Gasteiger partial charge >= 0.3 is 0 Å². The monoisotopic (exact) mass is 325 g/mol. The van der Waals surface area contributed by atoms with E-state index >= 15 is 0 Å². The van der Waals surface area contributed by atoms with Crippen LogP contribution in [0.3, 0.4) is 0 Å². The quantitative estimate of drug-likeness (QED) is 0.844. The fourth-order valence-corrected chi connectivity index (χ4v) is 3.79. The molecule has 0 unspecified atom stereocenters. The Morgan fingerprint density at radius 2 is 1.64 bits per heavy atom. The van der Waals surface area contributed by atoms with Crippen LogP contribution < -0.4 is 0 Å². The minimum absolute atomic E-state index is 0.0638. The number of halogens is 2. The molecule has 0 heterocycles. The molecule has 2 aromatic rings. The second kappa shape index (κ2) is 6.54. The number of rotatable bonds is 5. The normalized spacial score (nSPS) is 11.9. The van der Waals surface area contributed by atoms with Gasteiger partial charge in [0.05, 0.1) is 0 Å². The van der Waals surface area contributed by atoms with Gasteiger partial charge in [-0.2, -0.15) is 4.31 Å². The lowest BCUT2D eigenvalue weighted by Gasteiger charge is -2.21. The molecule has 0 aliphatic heterocycles. The van der Waals surface area contributed by atoms with Crippen molar-refractivity contribution in [2.24, 2.45) is 0 Å². The van der Waals surface area contributed by atoms with Crippen molar-refractivity contribution >= 4 is 10.0 Å². The summed E-state index contributed by atoms with van der Waals surface area (Å²) in [6.45, 7) is 3.70. The van der Waals surface area contributed by atoms with E-state index in [1.54, 1.807) is 13.0 Å². The van der Waals surface area contributed by atoms with Crippen LogP contribution >= 0.6 is 0 Å². The van der Waals surface area contributed by atoms with E-state index in [1.165, 1.54) is 0 Å². The summed E-state index contributed by atoms with van der Waals surface area (Å²) in [5, 5.41) is 0. The van der Waals surface area contributed by atoms with Crippen LogP contribution in [0.4, 0.5) is 8.78 Å².